The number of nitrogens with zero attached hydrogens (tertiary/aromatic N) is 4. The van der Waals surface area contributed by atoms with Crippen molar-refractivity contribution >= 4 is 50.3 Å². The lowest BCUT2D eigenvalue weighted by Crippen LogP contribution is -2.26. The van der Waals surface area contributed by atoms with Crippen molar-refractivity contribution in [1.29, 1.82) is 0 Å². The molecule has 160 valence electrons. The van der Waals surface area contributed by atoms with Gasteiger partial charge in [0.2, 0.25) is 11.6 Å². The SMILES string of the molecule is O=[N+]([O-])c1c(Nc2ccc(Br)cc2F)ncnc1NN(c1ccccc1)c1ccccc1. The van der Waals surface area contributed by atoms with Crippen LogP contribution in [0.15, 0.2) is 89.7 Å². The van der Waals surface area contributed by atoms with Crippen LogP contribution in [0.25, 0.3) is 0 Å². The quantitative estimate of drug-likeness (QED) is 0.233. The molecule has 0 unspecified atom stereocenters. The van der Waals surface area contributed by atoms with Crippen LogP contribution in [-0.4, -0.2) is 14.9 Å². The largest absolute Gasteiger partial charge is 0.355 e. The molecule has 0 aliphatic heterocycles. The molecule has 1 aromatic heterocycles. The molecule has 0 saturated carbocycles. The van der Waals surface area contributed by atoms with Gasteiger partial charge in [-0.15, -0.1) is 0 Å². The summed E-state index contributed by atoms with van der Waals surface area (Å²) in [4.78, 5) is 19.4. The van der Waals surface area contributed by atoms with Crippen LogP contribution < -0.4 is 15.8 Å². The Morgan fingerprint density at radius 2 is 1.50 bits per heavy atom. The summed E-state index contributed by atoms with van der Waals surface area (Å²) in [6, 6.07) is 22.9. The molecule has 0 saturated heterocycles. The van der Waals surface area contributed by atoms with Gasteiger partial charge in [0.25, 0.3) is 0 Å². The number of anilines is 5. The van der Waals surface area contributed by atoms with E-state index in [2.05, 4.69) is 36.6 Å². The van der Waals surface area contributed by atoms with Crippen LogP contribution in [0.4, 0.5) is 38.8 Å². The Kier molecular flexibility index (Phi) is 6.22. The second-order valence-corrected chi connectivity index (χ2v) is 7.46. The van der Waals surface area contributed by atoms with Gasteiger partial charge in [-0.05, 0) is 42.5 Å². The van der Waals surface area contributed by atoms with E-state index in [0.29, 0.717) is 4.47 Å². The highest BCUT2D eigenvalue weighted by molar-refractivity contribution is 9.10. The number of nitro groups is 1. The molecule has 8 nitrogen and oxygen atoms in total. The zero-order valence-corrected chi connectivity index (χ0v) is 18.0. The van der Waals surface area contributed by atoms with Crippen LogP contribution in [0.3, 0.4) is 0 Å². The molecule has 32 heavy (non-hydrogen) atoms. The zero-order chi connectivity index (χ0) is 22.5. The second kappa shape index (κ2) is 9.40. The number of halogens is 2. The maximum absolute atomic E-state index is 14.3. The third-order valence-electron chi connectivity index (χ3n) is 4.44. The monoisotopic (exact) mass is 494 g/mol. The first-order valence-electron chi connectivity index (χ1n) is 9.41. The first-order chi connectivity index (χ1) is 15.5. The van der Waals surface area contributed by atoms with Gasteiger partial charge in [-0.3, -0.25) is 20.5 Å². The summed E-state index contributed by atoms with van der Waals surface area (Å²) in [6.07, 6.45) is 1.17. The first kappa shape index (κ1) is 21.2. The lowest BCUT2D eigenvalue weighted by molar-refractivity contribution is -0.383. The molecule has 4 aromatic rings. The average Bonchev–Trinajstić information content (AvgIpc) is 2.80. The van der Waals surface area contributed by atoms with Crippen LogP contribution in [-0.2, 0) is 0 Å². The molecule has 0 fully saturated rings. The van der Waals surface area contributed by atoms with Crippen LogP contribution in [0.5, 0.6) is 0 Å². The number of aromatic nitrogens is 2. The van der Waals surface area contributed by atoms with Crippen molar-refractivity contribution < 1.29 is 9.31 Å². The highest BCUT2D eigenvalue weighted by atomic mass is 79.9. The van der Waals surface area contributed by atoms with E-state index in [1.807, 2.05) is 60.7 Å². The molecule has 1 heterocycles. The van der Waals surface area contributed by atoms with Crippen molar-refractivity contribution in [2.45, 2.75) is 0 Å². The fraction of sp³-hybridized carbons (Fsp3) is 0. The number of rotatable bonds is 7. The minimum Gasteiger partial charge on any atom is -0.332 e. The fourth-order valence-electron chi connectivity index (χ4n) is 2.98. The number of para-hydroxylation sites is 2. The number of nitrogens with one attached hydrogen (secondary N) is 2. The van der Waals surface area contributed by atoms with Gasteiger partial charge in [-0.1, -0.05) is 52.3 Å². The predicted molar refractivity (Wildman–Crippen MR) is 125 cm³/mol. The molecule has 0 spiro atoms. The van der Waals surface area contributed by atoms with Gasteiger partial charge in [0, 0.05) is 4.47 Å². The second-order valence-electron chi connectivity index (χ2n) is 6.54. The molecule has 10 heteroatoms. The van der Waals surface area contributed by atoms with E-state index in [0.717, 1.165) is 11.4 Å². The summed E-state index contributed by atoms with van der Waals surface area (Å²) in [7, 11) is 0. The number of hydrogen-bond acceptors (Lipinski definition) is 7. The summed E-state index contributed by atoms with van der Waals surface area (Å²) in [5, 5.41) is 16.3. The van der Waals surface area contributed by atoms with Gasteiger partial charge in [0.15, 0.2) is 0 Å². The summed E-state index contributed by atoms with van der Waals surface area (Å²) in [5.41, 5.74) is 4.10. The van der Waals surface area contributed by atoms with Crippen molar-refractivity contribution in [3.63, 3.8) is 0 Å². The van der Waals surface area contributed by atoms with Crippen LogP contribution >= 0.6 is 15.9 Å². The molecular weight excluding hydrogens is 479 g/mol. The fourth-order valence-corrected chi connectivity index (χ4v) is 3.31. The summed E-state index contributed by atoms with van der Waals surface area (Å²) in [5.74, 6) is -0.787. The van der Waals surface area contributed by atoms with E-state index in [-0.39, 0.29) is 17.3 Å². The Morgan fingerprint density at radius 1 is 0.906 bits per heavy atom. The third kappa shape index (κ3) is 4.65. The summed E-state index contributed by atoms with van der Waals surface area (Å²) >= 11 is 3.19. The first-order valence-corrected chi connectivity index (χ1v) is 10.2. The van der Waals surface area contributed by atoms with Crippen LogP contribution in [0.2, 0.25) is 0 Å². The highest BCUT2D eigenvalue weighted by Gasteiger charge is 2.26. The van der Waals surface area contributed by atoms with Crippen molar-refractivity contribution in [2.24, 2.45) is 0 Å². The zero-order valence-electron chi connectivity index (χ0n) is 16.4. The smallest absolute Gasteiger partial charge is 0.332 e. The molecule has 0 aliphatic rings. The molecule has 0 radical (unpaired) electrons. The number of hydrazine groups is 1. The minimum absolute atomic E-state index is 0.0453. The van der Waals surface area contributed by atoms with E-state index in [1.54, 1.807) is 11.1 Å². The van der Waals surface area contributed by atoms with Crippen molar-refractivity contribution in [1.82, 2.24) is 9.97 Å². The molecule has 0 atom stereocenters. The minimum atomic E-state index is -0.615. The molecule has 0 aliphatic carbocycles. The Morgan fingerprint density at radius 3 is 2.06 bits per heavy atom. The Hall–Kier alpha value is -4.05. The normalized spacial score (nSPS) is 10.4. The lowest BCUT2D eigenvalue weighted by Gasteiger charge is -2.26. The van der Waals surface area contributed by atoms with Crippen molar-refractivity contribution in [2.75, 3.05) is 15.8 Å². The summed E-state index contributed by atoms with van der Waals surface area (Å²) < 4.78 is 14.8. The molecule has 4 rings (SSSR count). The van der Waals surface area contributed by atoms with Gasteiger partial charge in [0.05, 0.1) is 22.0 Å². The van der Waals surface area contributed by atoms with E-state index in [4.69, 9.17) is 0 Å². The maximum atomic E-state index is 14.3. The standard InChI is InChI=1S/C22H16BrFN6O2/c23-15-11-12-19(18(24)13-15)27-21-20(30(31)32)22(26-14-25-21)28-29(16-7-3-1-4-8-16)17-9-5-2-6-10-17/h1-14H,(H2,25,26,27,28). The van der Waals surface area contributed by atoms with Crippen LogP contribution in [0, 0.1) is 15.9 Å². The van der Waals surface area contributed by atoms with E-state index in [1.165, 1.54) is 18.5 Å². The molecule has 0 amide bonds. The molecule has 3 aromatic carbocycles. The van der Waals surface area contributed by atoms with Crippen molar-refractivity contribution in [3.05, 3.63) is 106 Å². The predicted octanol–water partition coefficient (Wildman–Crippen LogP) is 6.20. The molecular formula is C22H16BrFN6O2. The van der Waals surface area contributed by atoms with Crippen LogP contribution in [0.1, 0.15) is 0 Å². The van der Waals surface area contributed by atoms with Gasteiger partial charge < -0.3 is 5.32 Å². The van der Waals surface area contributed by atoms with Gasteiger partial charge >= 0.3 is 5.69 Å². The Labute approximate surface area is 191 Å². The molecule has 0 bridgehead atoms. The van der Waals surface area contributed by atoms with Gasteiger partial charge in [0.1, 0.15) is 12.1 Å². The molecule has 2 N–H and O–H groups in total. The van der Waals surface area contributed by atoms with Crippen molar-refractivity contribution in [3.8, 4) is 0 Å². The lowest BCUT2D eigenvalue weighted by atomic mass is 10.2. The average molecular weight is 495 g/mol. The van der Waals surface area contributed by atoms with E-state index >= 15 is 0 Å². The topological polar surface area (TPSA) is 96.2 Å². The summed E-state index contributed by atoms with van der Waals surface area (Å²) in [6.45, 7) is 0. The Balaban J connectivity index is 1.75. The highest BCUT2D eigenvalue weighted by Crippen LogP contribution is 2.34. The van der Waals surface area contributed by atoms with Gasteiger partial charge in [-0.25, -0.2) is 14.4 Å². The number of benzene rings is 3. The van der Waals surface area contributed by atoms with Gasteiger partial charge in [-0.2, -0.15) is 0 Å². The Bertz CT molecular complexity index is 1200. The van der Waals surface area contributed by atoms with E-state index in [9.17, 15) is 14.5 Å². The van der Waals surface area contributed by atoms with E-state index < -0.39 is 16.4 Å². The third-order valence-corrected chi connectivity index (χ3v) is 4.93. The number of hydrogen-bond donors (Lipinski definition) is 2. The maximum Gasteiger partial charge on any atom is 0.355 e.